The fourth-order valence-electron chi connectivity index (χ4n) is 1.46. The summed E-state index contributed by atoms with van der Waals surface area (Å²) in [5, 5.41) is 0. The molecular formula is C12H12N2O. The lowest BCUT2D eigenvalue weighted by Crippen LogP contribution is -1.83. The van der Waals surface area contributed by atoms with Crippen molar-refractivity contribution in [3.05, 3.63) is 41.9 Å². The number of aldehydes is 1. The Morgan fingerprint density at radius 1 is 1.33 bits per heavy atom. The molecule has 0 fully saturated rings. The van der Waals surface area contributed by atoms with Gasteiger partial charge in [0.1, 0.15) is 0 Å². The van der Waals surface area contributed by atoms with E-state index in [0.717, 1.165) is 17.7 Å². The fraction of sp³-hybridized carbons (Fsp3) is 0.167. The number of aryl methyl sites for hydroxylation is 1. The fourth-order valence-corrected chi connectivity index (χ4v) is 1.46. The molecule has 2 rings (SSSR count). The monoisotopic (exact) mass is 200 g/mol. The molecule has 1 N–H and O–H groups in total. The predicted molar refractivity (Wildman–Crippen MR) is 58.8 cm³/mol. The number of carbonyl (C=O) groups is 1. The van der Waals surface area contributed by atoms with Crippen LogP contribution in [0.5, 0.6) is 0 Å². The average Bonchev–Trinajstić information content (AvgIpc) is 2.78. The third-order valence-corrected chi connectivity index (χ3v) is 2.38. The van der Waals surface area contributed by atoms with E-state index >= 15 is 0 Å². The van der Waals surface area contributed by atoms with Gasteiger partial charge in [0.05, 0.1) is 11.9 Å². The minimum atomic E-state index is 0.365. The van der Waals surface area contributed by atoms with Gasteiger partial charge in [0, 0.05) is 0 Å². The van der Waals surface area contributed by atoms with Gasteiger partial charge in [-0.15, -0.1) is 0 Å². The molecule has 0 aliphatic rings. The summed E-state index contributed by atoms with van der Waals surface area (Å²) in [6.45, 7) is 2.12. The number of benzene rings is 1. The highest BCUT2D eigenvalue weighted by atomic mass is 16.1. The summed E-state index contributed by atoms with van der Waals surface area (Å²) in [5.41, 5.74) is 3.22. The number of hydrogen-bond acceptors (Lipinski definition) is 2. The highest BCUT2D eigenvalue weighted by Gasteiger charge is 2.01. The maximum Gasteiger partial charge on any atom is 0.185 e. The Bertz CT molecular complexity index is 457. The number of imidazole rings is 1. The summed E-state index contributed by atoms with van der Waals surface area (Å²) < 4.78 is 0. The molecule has 0 aliphatic carbocycles. The van der Waals surface area contributed by atoms with Crippen molar-refractivity contribution >= 4 is 6.29 Å². The summed E-state index contributed by atoms with van der Waals surface area (Å²) in [5.74, 6) is 0.365. The lowest BCUT2D eigenvalue weighted by molar-refractivity contribution is 0.111. The van der Waals surface area contributed by atoms with E-state index in [0.29, 0.717) is 12.1 Å². The molecule has 3 heteroatoms. The number of nitrogens with one attached hydrogen (secondary N) is 1. The Morgan fingerprint density at radius 3 is 2.60 bits per heavy atom. The molecule has 0 atom stereocenters. The second-order valence-electron chi connectivity index (χ2n) is 3.35. The molecule has 76 valence electrons. The van der Waals surface area contributed by atoms with Crippen molar-refractivity contribution in [1.82, 2.24) is 9.97 Å². The lowest BCUT2D eigenvalue weighted by Gasteiger charge is -1.99. The van der Waals surface area contributed by atoms with Crippen LogP contribution in [0.2, 0.25) is 0 Å². The van der Waals surface area contributed by atoms with Crippen LogP contribution < -0.4 is 0 Å². The standard InChI is InChI=1S/C12H12N2O/c1-2-9-3-5-10(6-4-9)11-7-13-12(8-15)14-11/h3-8H,2H2,1H3,(H,13,14). The van der Waals surface area contributed by atoms with E-state index < -0.39 is 0 Å². The largest absolute Gasteiger partial charge is 0.336 e. The van der Waals surface area contributed by atoms with Crippen molar-refractivity contribution < 1.29 is 4.79 Å². The molecule has 1 heterocycles. The van der Waals surface area contributed by atoms with Gasteiger partial charge in [-0.3, -0.25) is 4.79 Å². The van der Waals surface area contributed by atoms with E-state index in [1.807, 2.05) is 12.1 Å². The summed E-state index contributed by atoms with van der Waals surface area (Å²) >= 11 is 0. The maximum absolute atomic E-state index is 10.5. The maximum atomic E-state index is 10.5. The van der Waals surface area contributed by atoms with E-state index in [9.17, 15) is 4.79 Å². The molecule has 0 bridgehead atoms. The number of aromatic amines is 1. The SMILES string of the molecule is CCc1ccc(-c2cnc(C=O)[nH]2)cc1. The van der Waals surface area contributed by atoms with Crippen LogP contribution >= 0.6 is 0 Å². The van der Waals surface area contributed by atoms with Gasteiger partial charge in [0.15, 0.2) is 12.1 Å². The van der Waals surface area contributed by atoms with Crippen LogP contribution in [0.25, 0.3) is 11.3 Å². The highest BCUT2D eigenvalue weighted by Crippen LogP contribution is 2.17. The van der Waals surface area contributed by atoms with Gasteiger partial charge in [0.2, 0.25) is 0 Å². The van der Waals surface area contributed by atoms with Gasteiger partial charge in [-0.05, 0) is 17.5 Å². The molecule has 0 saturated carbocycles. The van der Waals surface area contributed by atoms with Crippen LogP contribution in [0.4, 0.5) is 0 Å². The minimum Gasteiger partial charge on any atom is -0.336 e. The lowest BCUT2D eigenvalue weighted by atomic mass is 10.1. The quantitative estimate of drug-likeness (QED) is 0.773. The highest BCUT2D eigenvalue weighted by molar-refractivity contribution is 5.71. The Kier molecular flexibility index (Phi) is 2.63. The second-order valence-corrected chi connectivity index (χ2v) is 3.35. The third kappa shape index (κ3) is 1.96. The van der Waals surface area contributed by atoms with Crippen LogP contribution in [0.3, 0.4) is 0 Å². The predicted octanol–water partition coefficient (Wildman–Crippen LogP) is 2.45. The van der Waals surface area contributed by atoms with Crippen LogP contribution in [0.15, 0.2) is 30.5 Å². The Labute approximate surface area is 88.2 Å². The summed E-state index contributed by atoms with van der Waals surface area (Å²) in [6.07, 6.45) is 3.41. The molecule has 0 amide bonds. The summed E-state index contributed by atoms with van der Waals surface area (Å²) in [4.78, 5) is 17.3. The molecule has 0 saturated heterocycles. The first-order valence-electron chi connectivity index (χ1n) is 4.93. The topological polar surface area (TPSA) is 45.8 Å². The smallest absolute Gasteiger partial charge is 0.185 e. The number of aromatic nitrogens is 2. The molecule has 3 nitrogen and oxygen atoms in total. The van der Waals surface area contributed by atoms with Crippen molar-refractivity contribution in [2.45, 2.75) is 13.3 Å². The third-order valence-electron chi connectivity index (χ3n) is 2.38. The zero-order chi connectivity index (χ0) is 10.7. The van der Waals surface area contributed by atoms with E-state index in [-0.39, 0.29) is 0 Å². The summed E-state index contributed by atoms with van der Waals surface area (Å²) in [7, 11) is 0. The van der Waals surface area contributed by atoms with Gasteiger partial charge < -0.3 is 4.98 Å². The zero-order valence-electron chi connectivity index (χ0n) is 8.53. The van der Waals surface area contributed by atoms with Gasteiger partial charge in [-0.25, -0.2) is 4.98 Å². The summed E-state index contributed by atoms with van der Waals surface area (Å²) in [6, 6.07) is 8.22. The molecule has 0 spiro atoms. The van der Waals surface area contributed by atoms with E-state index in [1.54, 1.807) is 6.20 Å². The molecule has 2 aromatic rings. The Balaban J connectivity index is 2.32. The van der Waals surface area contributed by atoms with Crippen LogP contribution in [-0.2, 0) is 6.42 Å². The molecule has 15 heavy (non-hydrogen) atoms. The van der Waals surface area contributed by atoms with Gasteiger partial charge in [-0.2, -0.15) is 0 Å². The van der Waals surface area contributed by atoms with E-state index in [4.69, 9.17) is 0 Å². The first kappa shape index (κ1) is 9.65. The van der Waals surface area contributed by atoms with Crippen LogP contribution in [-0.4, -0.2) is 16.3 Å². The van der Waals surface area contributed by atoms with Gasteiger partial charge >= 0.3 is 0 Å². The first-order valence-corrected chi connectivity index (χ1v) is 4.93. The minimum absolute atomic E-state index is 0.365. The average molecular weight is 200 g/mol. The van der Waals surface area contributed by atoms with E-state index in [2.05, 4.69) is 29.0 Å². The number of hydrogen-bond donors (Lipinski definition) is 1. The normalized spacial score (nSPS) is 10.2. The van der Waals surface area contributed by atoms with Crippen LogP contribution in [0.1, 0.15) is 23.1 Å². The number of carbonyl (C=O) groups excluding carboxylic acids is 1. The molecular weight excluding hydrogens is 188 g/mol. The van der Waals surface area contributed by atoms with E-state index in [1.165, 1.54) is 5.56 Å². The Hall–Kier alpha value is -1.90. The van der Waals surface area contributed by atoms with Crippen molar-refractivity contribution in [3.63, 3.8) is 0 Å². The zero-order valence-corrected chi connectivity index (χ0v) is 8.53. The number of H-pyrrole nitrogens is 1. The van der Waals surface area contributed by atoms with Gasteiger partial charge in [-0.1, -0.05) is 31.2 Å². The van der Waals surface area contributed by atoms with Crippen LogP contribution in [0, 0.1) is 0 Å². The second kappa shape index (κ2) is 4.09. The Morgan fingerprint density at radius 2 is 2.07 bits per heavy atom. The number of rotatable bonds is 3. The molecule has 1 aromatic heterocycles. The molecule has 1 aromatic carbocycles. The van der Waals surface area contributed by atoms with Crippen molar-refractivity contribution in [2.24, 2.45) is 0 Å². The first-order chi connectivity index (χ1) is 7.33. The van der Waals surface area contributed by atoms with Crippen molar-refractivity contribution in [3.8, 4) is 11.3 Å². The molecule has 0 unspecified atom stereocenters. The number of nitrogens with zero attached hydrogens (tertiary/aromatic N) is 1. The van der Waals surface area contributed by atoms with Gasteiger partial charge in [0.25, 0.3) is 0 Å². The van der Waals surface area contributed by atoms with Crippen molar-refractivity contribution in [1.29, 1.82) is 0 Å². The molecule has 0 radical (unpaired) electrons. The molecule has 0 aliphatic heterocycles. The van der Waals surface area contributed by atoms with Crippen molar-refractivity contribution in [2.75, 3.05) is 0 Å².